The summed E-state index contributed by atoms with van der Waals surface area (Å²) in [6.07, 6.45) is 0.567. The molecule has 4 rings (SSSR count). The fourth-order valence-electron chi connectivity index (χ4n) is 4.42. The average Bonchev–Trinajstić information content (AvgIpc) is 3.47. The predicted octanol–water partition coefficient (Wildman–Crippen LogP) is 3.02. The minimum atomic E-state index is -0.451. The maximum atomic E-state index is 13.2. The number of thiocarbonyl (C=S) groups is 2. The van der Waals surface area contributed by atoms with Gasteiger partial charge in [0.1, 0.15) is 8.64 Å². The van der Waals surface area contributed by atoms with Crippen molar-refractivity contribution in [3.63, 3.8) is 0 Å². The van der Waals surface area contributed by atoms with E-state index in [1.54, 1.807) is 50.2 Å². The summed E-state index contributed by atoms with van der Waals surface area (Å²) in [5, 5.41) is 0. The molecule has 0 radical (unpaired) electrons. The first-order valence-electron chi connectivity index (χ1n) is 14.1. The molecule has 46 heavy (non-hydrogen) atoms. The largest absolute Gasteiger partial charge is 0.293 e. The monoisotopic (exact) mass is 698 g/mol. The number of nitrogens with zero attached hydrogens (tertiary/aromatic N) is 2. The second-order valence-electron chi connectivity index (χ2n) is 10.1. The maximum absolute atomic E-state index is 13.2. The number of rotatable bonds is 10. The lowest BCUT2D eigenvalue weighted by atomic mass is 10.1. The standard InChI is InChI=1S/C30H30N6O6S4/c1-17-9-3-5-11-19(17)25(39)33-31-21(37)13-7-15-35-27(41)23(45-29(35)43)24-28(42)36(30(44)46-24)16-8-14-22(38)32-34-26(40)20-12-6-4-10-18(20)2/h3-6,9-12H,7-8,13-16H2,1-2H3,(H,31,37)(H,32,38)(H,33,39)(H,34,40)/b24-23+. The molecule has 12 nitrogen and oxygen atoms in total. The highest BCUT2D eigenvalue weighted by atomic mass is 32.2. The third kappa shape index (κ3) is 8.57. The van der Waals surface area contributed by atoms with E-state index in [1.807, 2.05) is 12.1 Å². The first-order valence-corrected chi connectivity index (χ1v) is 16.5. The summed E-state index contributed by atoms with van der Waals surface area (Å²) in [7, 11) is 0. The second kappa shape index (κ2) is 15.9. The molecule has 2 aromatic carbocycles. The van der Waals surface area contributed by atoms with Crippen LogP contribution in [0.15, 0.2) is 58.3 Å². The van der Waals surface area contributed by atoms with Gasteiger partial charge >= 0.3 is 0 Å². The Hall–Kier alpha value is -4.12. The van der Waals surface area contributed by atoms with Gasteiger partial charge in [0.25, 0.3) is 23.6 Å². The van der Waals surface area contributed by atoms with Crippen molar-refractivity contribution in [1.29, 1.82) is 0 Å². The summed E-state index contributed by atoms with van der Waals surface area (Å²) in [5.74, 6) is -2.65. The zero-order valence-corrected chi connectivity index (χ0v) is 28.1. The summed E-state index contributed by atoms with van der Waals surface area (Å²) < 4.78 is 0.505. The molecule has 240 valence electrons. The molecule has 0 spiro atoms. The van der Waals surface area contributed by atoms with Gasteiger partial charge in [-0.3, -0.25) is 60.3 Å². The van der Waals surface area contributed by atoms with E-state index in [9.17, 15) is 28.8 Å². The lowest BCUT2D eigenvalue weighted by molar-refractivity contribution is -0.125. The fourth-order valence-corrected chi connectivity index (χ4v) is 7.19. The van der Waals surface area contributed by atoms with Gasteiger partial charge in [-0.2, -0.15) is 0 Å². The number of amides is 6. The van der Waals surface area contributed by atoms with Crippen LogP contribution in [0, 0.1) is 13.8 Å². The van der Waals surface area contributed by atoms with Crippen molar-refractivity contribution < 1.29 is 28.8 Å². The molecule has 0 unspecified atom stereocenters. The topological polar surface area (TPSA) is 157 Å². The number of carbonyl (C=O) groups excluding carboxylic acids is 6. The number of benzene rings is 2. The van der Waals surface area contributed by atoms with Crippen molar-refractivity contribution in [2.24, 2.45) is 0 Å². The van der Waals surface area contributed by atoms with Crippen LogP contribution in [0.3, 0.4) is 0 Å². The number of carbonyl (C=O) groups is 6. The van der Waals surface area contributed by atoms with Crippen molar-refractivity contribution in [2.75, 3.05) is 13.1 Å². The lowest BCUT2D eigenvalue weighted by Gasteiger charge is -2.15. The first kappa shape index (κ1) is 34.7. The van der Waals surface area contributed by atoms with Crippen molar-refractivity contribution in [3.8, 4) is 0 Å². The molecular formula is C30H30N6O6S4. The van der Waals surface area contributed by atoms with E-state index in [4.69, 9.17) is 24.4 Å². The normalized spacial score (nSPS) is 16.1. The van der Waals surface area contributed by atoms with Gasteiger partial charge in [-0.05, 0) is 49.9 Å². The molecule has 16 heteroatoms. The van der Waals surface area contributed by atoms with Gasteiger partial charge in [0.15, 0.2) is 0 Å². The molecule has 2 saturated heterocycles. The van der Waals surface area contributed by atoms with Gasteiger partial charge in [-0.15, -0.1) is 0 Å². The summed E-state index contributed by atoms with van der Waals surface area (Å²) in [5.41, 5.74) is 11.9. The van der Waals surface area contributed by atoms with E-state index in [0.29, 0.717) is 11.1 Å². The number of nitrogens with one attached hydrogen (secondary N) is 4. The van der Waals surface area contributed by atoms with Crippen LogP contribution in [0.2, 0.25) is 0 Å². The fraction of sp³-hybridized carbons (Fsp3) is 0.267. The summed E-state index contributed by atoms with van der Waals surface area (Å²) in [6, 6.07) is 13.9. The van der Waals surface area contributed by atoms with Crippen LogP contribution in [0.1, 0.15) is 57.5 Å². The Labute approximate surface area is 284 Å². The van der Waals surface area contributed by atoms with Crippen molar-refractivity contribution in [1.82, 2.24) is 31.5 Å². The summed E-state index contributed by atoms with van der Waals surface area (Å²) in [6.45, 7) is 3.86. The highest BCUT2D eigenvalue weighted by Crippen LogP contribution is 2.42. The lowest BCUT2D eigenvalue weighted by Crippen LogP contribution is -2.42. The molecule has 2 fully saturated rings. The first-order chi connectivity index (χ1) is 22.0. The molecule has 0 aromatic heterocycles. The van der Waals surface area contributed by atoms with Crippen molar-refractivity contribution in [3.05, 3.63) is 80.6 Å². The number of hydrogen-bond acceptors (Lipinski definition) is 10. The highest BCUT2D eigenvalue weighted by Gasteiger charge is 2.41. The molecule has 2 aliphatic heterocycles. The number of thioether (sulfide) groups is 2. The Morgan fingerprint density at radius 2 is 1.00 bits per heavy atom. The van der Waals surface area contributed by atoms with Crippen molar-refractivity contribution >= 4 is 92.0 Å². The third-order valence-corrected chi connectivity index (χ3v) is 9.91. The number of hydrazine groups is 2. The highest BCUT2D eigenvalue weighted by molar-refractivity contribution is 8.29. The SMILES string of the molecule is Cc1ccccc1C(=O)NNC(=O)CCCN1C(=O)/C(=C2\SC(=S)N(CCCC(=O)NNC(=O)c3ccccc3C)C2=O)SC1=S. The Morgan fingerprint density at radius 1 is 0.630 bits per heavy atom. The molecule has 6 amide bonds. The summed E-state index contributed by atoms with van der Waals surface area (Å²) >= 11 is 12.7. The van der Waals surface area contributed by atoms with Gasteiger partial charge in [0.2, 0.25) is 11.8 Å². The number of hydrogen-bond donors (Lipinski definition) is 4. The Bertz CT molecular complexity index is 1540. The van der Waals surface area contributed by atoms with Crippen LogP contribution in [0.25, 0.3) is 0 Å². The second-order valence-corrected chi connectivity index (χ2v) is 13.4. The van der Waals surface area contributed by atoms with Gasteiger partial charge in [-0.25, -0.2) is 0 Å². The van der Waals surface area contributed by atoms with Crippen LogP contribution in [-0.2, 0) is 19.2 Å². The Balaban J connectivity index is 1.22. The van der Waals surface area contributed by atoms with Gasteiger partial charge in [0.05, 0.1) is 9.81 Å². The minimum Gasteiger partial charge on any atom is -0.293 e. The zero-order valence-electron chi connectivity index (χ0n) is 24.8. The van der Waals surface area contributed by atoms with Crippen LogP contribution in [-0.4, -0.2) is 67.0 Å². The minimum absolute atomic E-state index is 0.0196. The van der Waals surface area contributed by atoms with Gasteiger partial charge in [0, 0.05) is 37.1 Å². The Morgan fingerprint density at radius 3 is 1.37 bits per heavy atom. The quantitative estimate of drug-likeness (QED) is 0.165. The molecule has 2 heterocycles. The van der Waals surface area contributed by atoms with Crippen LogP contribution in [0.4, 0.5) is 0 Å². The van der Waals surface area contributed by atoms with E-state index in [1.165, 1.54) is 9.80 Å². The van der Waals surface area contributed by atoms with Gasteiger partial charge < -0.3 is 0 Å². The third-order valence-electron chi connectivity index (χ3n) is 6.89. The molecule has 0 atom stereocenters. The van der Waals surface area contributed by atoms with Gasteiger partial charge in [-0.1, -0.05) is 84.4 Å². The maximum Gasteiger partial charge on any atom is 0.269 e. The van der Waals surface area contributed by atoms with Crippen molar-refractivity contribution in [2.45, 2.75) is 39.5 Å². The summed E-state index contributed by atoms with van der Waals surface area (Å²) in [4.78, 5) is 78.5. The molecule has 4 N–H and O–H groups in total. The molecule has 0 saturated carbocycles. The molecule has 2 aromatic rings. The predicted molar refractivity (Wildman–Crippen MR) is 183 cm³/mol. The van der Waals surface area contributed by atoms with Crippen LogP contribution >= 0.6 is 48.0 Å². The van der Waals surface area contributed by atoms with E-state index < -0.39 is 35.4 Å². The van der Waals surface area contributed by atoms with Crippen LogP contribution < -0.4 is 21.7 Å². The zero-order chi connectivity index (χ0) is 33.4. The van der Waals surface area contributed by atoms with Crippen LogP contribution in [0.5, 0.6) is 0 Å². The smallest absolute Gasteiger partial charge is 0.269 e. The Kier molecular flexibility index (Phi) is 12.0. The number of aryl methyl sites for hydroxylation is 2. The molecule has 2 aliphatic rings. The van der Waals surface area contributed by atoms with E-state index in [0.717, 1.165) is 34.7 Å². The average molecular weight is 699 g/mol. The molecular weight excluding hydrogens is 669 g/mol. The molecule has 0 aliphatic carbocycles. The molecule has 0 bridgehead atoms. The van der Waals surface area contributed by atoms with E-state index in [2.05, 4.69) is 21.7 Å². The van der Waals surface area contributed by atoms with E-state index in [-0.39, 0.29) is 57.2 Å². The van der Waals surface area contributed by atoms with E-state index >= 15 is 0 Å².